The fraction of sp³-hybridized carbons (Fsp3) is 0.500. The lowest BCUT2D eigenvalue weighted by Crippen LogP contribution is -2.56. The Hall–Kier alpha value is -2.33. The van der Waals surface area contributed by atoms with Crippen molar-refractivity contribution in [2.24, 2.45) is 0 Å². The highest BCUT2D eigenvalue weighted by molar-refractivity contribution is 7.88. The first-order valence-corrected chi connectivity index (χ1v) is 10.7. The predicted octanol–water partition coefficient (Wildman–Crippen LogP) is 0.349. The van der Waals surface area contributed by atoms with Gasteiger partial charge in [-0.1, -0.05) is 0 Å². The quantitative estimate of drug-likeness (QED) is 0.601. The molecule has 1 heterocycles. The van der Waals surface area contributed by atoms with Crippen molar-refractivity contribution < 1.29 is 27.2 Å². The van der Waals surface area contributed by atoms with Gasteiger partial charge in [-0.2, -0.15) is 4.31 Å². The normalized spacial score (nSPS) is 16.5. The number of amides is 2. The minimum Gasteiger partial charge on any atom is -0.338 e. The summed E-state index contributed by atoms with van der Waals surface area (Å²) in [5, 5.41) is 0. The second-order valence-corrected chi connectivity index (χ2v) is 8.65. The molecular weight excluding hydrogens is 389 g/mol. The molecule has 0 aromatic heterocycles. The molecule has 0 N–H and O–H groups in total. The van der Waals surface area contributed by atoms with Gasteiger partial charge in [-0.3, -0.25) is 9.59 Å². The number of carbonyl (C=O) groups excluding carboxylic acids is 3. The molecule has 1 atom stereocenters. The Kier molecular flexibility index (Phi) is 7.25. The molecule has 28 heavy (non-hydrogen) atoms. The number of benzene rings is 1. The largest absolute Gasteiger partial charge is 0.338 e. The molecule has 2 rings (SSSR count). The molecule has 10 heteroatoms. The zero-order valence-corrected chi connectivity index (χ0v) is 16.7. The maximum Gasteiger partial charge on any atom is 0.254 e. The lowest BCUT2D eigenvalue weighted by molar-refractivity contribution is -0.137. The van der Waals surface area contributed by atoms with E-state index < -0.39 is 27.8 Å². The summed E-state index contributed by atoms with van der Waals surface area (Å²) in [6.07, 6.45) is 2.05. The topological polar surface area (TPSA) is 95.1 Å². The Labute approximate surface area is 163 Å². The zero-order chi connectivity index (χ0) is 20.9. The summed E-state index contributed by atoms with van der Waals surface area (Å²) in [6, 6.07) is 4.12. The Morgan fingerprint density at radius 3 is 2.25 bits per heavy atom. The van der Waals surface area contributed by atoms with Crippen LogP contribution in [0.1, 0.15) is 23.2 Å². The van der Waals surface area contributed by atoms with Crippen LogP contribution in [0.5, 0.6) is 0 Å². The molecule has 1 aliphatic heterocycles. The minimum absolute atomic E-state index is 0.0980. The molecule has 0 spiro atoms. The molecule has 0 bridgehead atoms. The molecule has 154 valence electrons. The van der Waals surface area contributed by atoms with Crippen molar-refractivity contribution in [2.45, 2.75) is 18.9 Å². The van der Waals surface area contributed by atoms with Crippen LogP contribution in [0.4, 0.5) is 4.39 Å². The van der Waals surface area contributed by atoms with Gasteiger partial charge in [-0.15, -0.1) is 0 Å². The number of halogens is 1. The van der Waals surface area contributed by atoms with E-state index in [1.807, 2.05) is 0 Å². The lowest BCUT2D eigenvalue weighted by atomic mass is 10.1. The van der Waals surface area contributed by atoms with Gasteiger partial charge in [0.1, 0.15) is 18.1 Å². The van der Waals surface area contributed by atoms with Crippen molar-refractivity contribution in [3.05, 3.63) is 35.6 Å². The van der Waals surface area contributed by atoms with Gasteiger partial charge in [0.2, 0.25) is 15.9 Å². The Morgan fingerprint density at radius 2 is 1.75 bits per heavy atom. The number of carbonyl (C=O) groups is 3. The third-order valence-electron chi connectivity index (χ3n) is 4.74. The van der Waals surface area contributed by atoms with E-state index in [1.54, 1.807) is 0 Å². The van der Waals surface area contributed by atoms with E-state index in [0.29, 0.717) is 6.29 Å². The van der Waals surface area contributed by atoms with Crippen LogP contribution in [-0.2, 0) is 19.6 Å². The Bertz CT molecular complexity index is 820. The number of nitrogens with zero attached hydrogens (tertiary/aromatic N) is 3. The summed E-state index contributed by atoms with van der Waals surface area (Å²) in [6.45, 7) is 0.783. The number of sulfonamides is 1. The molecule has 0 radical (unpaired) electrons. The van der Waals surface area contributed by atoms with Crippen molar-refractivity contribution in [3.8, 4) is 0 Å². The smallest absolute Gasteiger partial charge is 0.254 e. The summed E-state index contributed by atoms with van der Waals surface area (Å²) in [5.74, 6) is -1.27. The summed E-state index contributed by atoms with van der Waals surface area (Å²) >= 11 is 0. The highest BCUT2D eigenvalue weighted by atomic mass is 32.2. The number of piperazine rings is 1. The maximum absolute atomic E-state index is 13.1. The van der Waals surface area contributed by atoms with Gasteiger partial charge in [0, 0.05) is 45.2 Å². The lowest BCUT2D eigenvalue weighted by Gasteiger charge is -2.37. The molecule has 0 saturated carbocycles. The van der Waals surface area contributed by atoms with Crippen LogP contribution in [0.3, 0.4) is 0 Å². The van der Waals surface area contributed by atoms with Gasteiger partial charge < -0.3 is 14.6 Å². The van der Waals surface area contributed by atoms with Gasteiger partial charge in [0.15, 0.2) is 0 Å². The molecule has 0 aliphatic carbocycles. The van der Waals surface area contributed by atoms with E-state index in [9.17, 15) is 27.2 Å². The summed E-state index contributed by atoms with van der Waals surface area (Å²) < 4.78 is 37.6. The average molecular weight is 413 g/mol. The molecule has 0 unspecified atom stereocenters. The van der Waals surface area contributed by atoms with Gasteiger partial charge in [-0.25, -0.2) is 12.8 Å². The van der Waals surface area contributed by atoms with Crippen molar-refractivity contribution in [1.82, 2.24) is 14.1 Å². The van der Waals surface area contributed by atoms with Crippen LogP contribution >= 0.6 is 0 Å². The predicted molar refractivity (Wildman–Crippen MR) is 101 cm³/mol. The van der Waals surface area contributed by atoms with E-state index in [0.717, 1.165) is 18.4 Å². The Morgan fingerprint density at radius 1 is 1.18 bits per heavy atom. The van der Waals surface area contributed by atoms with E-state index in [4.69, 9.17) is 0 Å². The fourth-order valence-corrected chi connectivity index (χ4v) is 3.92. The van der Waals surface area contributed by atoms with Crippen LogP contribution < -0.4 is 0 Å². The van der Waals surface area contributed by atoms with E-state index >= 15 is 0 Å². The second kappa shape index (κ2) is 9.24. The fourth-order valence-electron chi connectivity index (χ4n) is 3.10. The van der Waals surface area contributed by atoms with Crippen LogP contribution in [-0.4, -0.2) is 86.1 Å². The van der Waals surface area contributed by atoms with E-state index in [1.165, 1.54) is 33.3 Å². The first kappa shape index (κ1) is 22.0. The first-order valence-electron chi connectivity index (χ1n) is 8.85. The molecule has 1 saturated heterocycles. The molecular formula is C18H24FN3O5S. The van der Waals surface area contributed by atoms with Crippen LogP contribution in [0.2, 0.25) is 0 Å². The number of rotatable bonds is 7. The highest BCUT2D eigenvalue weighted by Gasteiger charge is 2.33. The molecule has 8 nitrogen and oxygen atoms in total. The van der Waals surface area contributed by atoms with Crippen LogP contribution in [0, 0.1) is 5.82 Å². The molecule has 1 aliphatic rings. The van der Waals surface area contributed by atoms with Crippen molar-refractivity contribution in [1.29, 1.82) is 0 Å². The highest BCUT2D eigenvalue weighted by Crippen LogP contribution is 2.16. The number of hydrogen-bond donors (Lipinski definition) is 0. The van der Waals surface area contributed by atoms with Crippen molar-refractivity contribution >= 4 is 28.1 Å². The summed E-state index contributed by atoms with van der Waals surface area (Å²) in [5.41, 5.74) is 0.231. The molecule has 1 aromatic carbocycles. The SMILES string of the molecule is CN(C(=O)c1ccc(F)cc1)[C@@H](CCC=O)C(=O)N1CCN(S(C)(=O)=O)CC1. The van der Waals surface area contributed by atoms with Crippen LogP contribution in [0.15, 0.2) is 24.3 Å². The van der Waals surface area contributed by atoms with E-state index in [2.05, 4.69) is 0 Å². The minimum atomic E-state index is -3.32. The Balaban J connectivity index is 2.13. The van der Waals surface area contributed by atoms with Crippen LogP contribution in [0.25, 0.3) is 0 Å². The third-order valence-corrected chi connectivity index (χ3v) is 6.04. The summed E-state index contributed by atoms with van der Waals surface area (Å²) in [7, 11) is -1.86. The second-order valence-electron chi connectivity index (χ2n) is 6.67. The number of aldehydes is 1. The number of hydrogen-bond acceptors (Lipinski definition) is 5. The van der Waals surface area contributed by atoms with Gasteiger partial charge in [0.25, 0.3) is 5.91 Å². The maximum atomic E-state index is 13.1. The van der Waals surface area contributed by atoms with Crippen molar-refractivity contribution in [3.63, 3.8) is 0 Å². The van der Waals surface area contributed by atoms with Gasteiger partial charge >= 0.3 is 0 Å². The molecule has 1 aromatic rings. The number of likely N-dealkylation sites (N-methyl/N-ethyl adjacent to an activating group) is 1. The summed E-state index contributed by atoms with van der Waals surface area (Å²) in [4.78, 5) is 39.2. The first-order chi connectivity index (χ1) is 13.1. The standard InChI is InChI=1S/C18H24FN3O5S/c1-20(17(24)14-5-7-15(19)8-6-14)16(4-3-13-23)18(25)21-9-11-22(12-10-21)28(2,26)27/h5-8,13,16H,3-4,9-12H2,1-2H3/t16-/m0/s1. The monoisotopic (exact) mass is 413 g/mol. The third kappa shape index (κ3) is 5.35. The van der Waals surface area contributed by atoms with E-state index in [-0.39, 0.29) is 50.5 Å². The molecule has 1 fully saturated rings. The molecule has 2 amide bonds. The van der Waals surface area contributed by atoms with Gasteiger partial charge in [-0.05, 0) is 30.7 Å². The zero-order valence-electron chi connectivity index (χ0n) is 15.9. The van der Waals surface area contributed by atoms with Crippen molar-refractivity contribution in [2.75, 3.05) is 39.5 Å². The van der Waals surface area contributed by atoms with Gasteiger partial charge in [0.05, 0.1) is 6.26 Å². The average Bonchev–Trinajstić information content (AvgIpc) is 2.67.